The highest BCUT2D eigenvalue weighted by Gasteiger charge is 2.00. The lowest BCUT2D eigenvalue weighted by atomic mass is 10.3. The first-order chi connectivity index (χ1) is 5.77. The maximum absolute atomic E-state index is 5.79. The quantitative estimate of drug-likeness (QED) is 0.782. The fraction of sp³-hybridized carbons (Fsp3) is 0.333. The molecule has 0 saturated carbocycles. The SMILES string of the molecule is CCNc1ccc(Cl)cc1OC. The normalized spacial score (nSPS) is 9.58. The van der Waals surface area contributed by atoms with Crippen LogP contribution in [0, 0.1) is 0 Å². The standard InChI is InChI=1S/C9H12ClNO/c1-3-11-8-5-4-7(10)6-9(8)12-2/h4-6,11H,3H2,1-2H3. The van der Waals surface area contributed by atoms with Crippen LogP contribution in [0.4, 0.5) is 5.69 Å². The minimum absolute atomic E-state index is 0.688. The van der Waals surface area contributed by atoms with Gasteiger partial charge in [0.15, 0.2) is 0 Å². The van der Waals surface area contributed by atoms with Crippen molar-refractivity contribution >= 4 is 17.3 Å². The number of nitrogens with one attached hydrogen (secondary N) is 1. The maximum Gasteiger partial charge on any atom is 0.143 e. The predicted molar refractivity (Wildman–Crippen MR) is 52.2 cm³/mol. The molecule has 1 rings (SSSR count). The third-order valence-corrected chi connectivity index (χ3v) is 1.77. The van der Waals surface area contributed by atoms with E-state index >= 15 is 0 Å². The van der Waals surface area contributed by atoms with Gasteiger partial charge in [0, 0.05) is 17.6 Å². The number of rotatable bonds is 3. The summed E-state index contributed by atoms with van der Waals surface area (Å²) in [6, 6.07) is 5.53. The number of hydrogen-bond donors (Lipinski definition) is 1. The lowest BCUT2D eigenvalue weighted by molar-refractivity contribution is 0.416. The molecule has 12 heavy (non-hydrogen) atoms. The number of ether oxygens (including phenoxy) is 1. The van der Waals surface area contributed by atoms with Crippen LogP contribution >= 0.6 is 11.6 Å². The zero-order chi connectivity index (χ0) is 8.97. The van der Waals surface area contributed by atoms with Crippen LogP contribution in [-0.4, -0.2) is 13.7 Å². The summed E-state index contributed by atoms with van der Waals surface area (Å²) in [5.41, 5.74) is 0.976. The summed E-state index contributed by atoms with van der Waals surface area (Å²) in [4.78, 5) is 0. The average molecular weight is 186 g/mol. The number of hydrogen-bond acceptors (Lipinski definition) is 2. The van der Waals surface area contributed by atoms with E-state index in [0.717, 1.165) is 18.0 Å². The highest BCUT2D eigenvalue weighted by atomic mass is 35.5. The van der Waals surface area contributed by atoms with Crippen LogP contribution in [0.3, 0.4) is 0 Å². The zero-order valence-electron chi connectivity index (χ0n) is 7.23. The lowest BCUT2D eigenvalue weighted by Gasteiger charge is -2.09. The maximum atomic E-state index is 5.79. The molecular formula is C9H12ClNO. The monoisotopic (exact) mass is 185 g/mol. The average Bonchev–Trinajstić information content (AvgIpc) is 2.08. The molecule has 2 nitrogen and oxygen atoms in total. The van der Waals surface area contributed by atoms with Crippen LogP contribution in [0.1, 0.15) is 6.92 Å². The van der Waals surface area contributed by atoms with Gasteiger partial charge in [-0.05, 0) is 19.1 Å². The molecule has 0 amide bonds. The Kier molecular flexibility index (Phi) is 3.23. The van der Waals surface area contributed by atoms with Gasteiger partial charge in [-0.2, -0.15) is 0 Å². The van der Waals surface area contributed by atoms with Gasteiger partial charge in [0.05, 0.1) is 12.8 Å². The molecule has 0 atom stereocenters. The first-order valence-electron chi connectivity index (χ1n) is 3.85. The molecule has 3 heteroatoms. The summed E-state index contributed by atoms with van der Waals surface area (Å²) in [6.07, 6.45) is 0. The fourth-order valence-corrected chi connectivity index (χ4v) is 1.16. The van der Waals surface area contributed by atoms with Crippen molar-refractivity contribution < 1.29 is 4.74 Å². The zero-order valence-corrected chi connectivity index (χ0v) is 7.98. The lowest BCUT2D eigenvalue weighted by Crippen LogP contribution is -1.98. The van der Waals surface area contributed by atoms with E-state index in [9.17, 15) is 0 Å². The molecule has 0 aliphatic heterocycles. The first-order valence-corrected chi connectivity index (χ1v) is 4.23. The summed E-state index contributed by atoms with van der Waals surface area (Å²) in [6.45, 7) is 2.91. The van der Waals surface area contributed by atoms with Gasteiger partial charge in [0.1, 0.15) is 5.75 Å². The largest absolute Gasteiger partial charge is 0.495 e. The molecule has 1 N–H and O–H groups in total. The Bertz CT molecular complexity index is 263. The minimum atomic E-state index is 0.688. The summed E-state index contributed by atoms with van der Waals surface area (Å²) in [5, 5.41) is 3.86. The van der Waals surface area contributed by atoms with Gasteiger partial charge in [-0.1, -0.05) is 11.6 Å². The van der Waals surface area contributed by atoms with Crippen molar-refractivity contribution in [2.75, 3.05) is 19.0 Å². The Morgan fingerprint density at radius 1 is 1.50 bits per heavy atom. The van der Waals surface area contributed by atoms with Crippen LogP contribution in [0.15, 0.2) is 18.2 Å². The third-order valence-electron chi connectivity index (χ3n) is 1.53. The minimum Gasteiger partial charge on any atom is -0.495 e. The van der Waals surface area contributed by atoms with Gasteiger partial charge in [-0.25, -0.2) is 0 Å². The summed E-state index contributed by atoms with van der Waals surface area (Å²) >= 11 is 5.79. The molecule has 0 radical (unpaired) electrons. The molecule has 0 heterocycles. The molecule has 0 unspecified atom stereocenters. The van der Waals surface area contributed by atoms with E-state index in [4.69, 9.17) is 16.3 Å². The van der Waals surface area contributed by atoms with Gasteiger partial charge in [-0.3, -0.25) is 0 Å². The second-order valence-electron chi connectivity index (χ2n) is 2.37. The van der Waals surface area contributed by atoms with Gasteiger partial charge in [0.2, 0.25) is 0 Å². The van der Waals surface area contributed by atoms with E-state index in [-0.39, 0.29) is 0 Å². The molecular weight excluding hydrogens is 174 g/mol. The van der Waals surface area contributed by atoms with Gasteiger partial charge in [0.25, 0.3) is 0 Å². The highest BCUT2D eigenvalue weighted by Crippen LogP contribution is 2.27. The van der Waals surface area contributed by atoms with Crippen LogP contribution in [0.25, 0.3) is 0 Å². The van der Waals surface area contributed by atoms with Crippen LogP contribution in [0.5, 0.6) is 5.75 Å². The molecule has 0 aliphatic carbocycles. The van der Waals surface area contributed by atoms with Crippen molar-refractivity contribution in [2.45, 2.75) is 6.92 Å². The van der Waals surface area contributed by atoms with Crippen molar-refractivity contribution in [3.05, 3.63) is 23.2 Å². The van der Waals surface area contributed by atoms with Crippen molar-refractivity contribution in [3.8, 4) is 5.75 Å². The third kappa shape index (κ3) is 2.05. The van der Waals surface area contributed by atoms with Crippen molar-refractivity contribution in [1.82, 2.24) is 0 Å². The molecule has 0 fully saturated rings. The Balaban J connectivity index is 2.94. The Hall–Kier alpha value is -0.890. The number of halogens is 1. The van der Waals surface area contributed by atoms with Gasteiger partial charge in [-0.15, -0.1) is 0 Å². The van der Waals surface area contributed by atoms with E-state index in [0.29, 0.717) is 5.02 Å². The topological polar surface area (TPSA) is 21.3 Å². The Labute approximate surface area is 77.5 Å². The van der Waals surface area contributed by atoms with Crippen molar-refractivity contribution in [3.63, 3.8) is 0 Å². The van der Waals surface area contributed by atoms with Crippen LogP contribution in [-0.2, 0) is 0 Å². The highest BCUT2D eigenvalue weighted by molar-refractivity contribution is 6.30. The van der Waals surface area contributed by atoms with E-state index < -0.39 is 0 Å². The molecule has 1 aromatic carbocycles. The van der Waals surface area contributed by atoms with Gasteiger partial charge < -0.3 is 10.1 Å². The molecule has 1 aromatic rings. The van der Waals surface area contributed by atoms with E-state index in [2.05, 4.69) is 5.32 Å². The molecule has 0 aliphatic rings. The summed E-state index contributed by atoms with van der Waals surface area (Å²) in [7, 11) is 1.63. The van der Waals surface area contributed by atoms with E-state index in [1.165, 1.54) is 0 Å². The predicted octanol–water partition coefficient (Wildman–Crippen LogP) is 2.78. The first kappa shape index (κ1) is 9.20. The summed E-state index contributed by atoms with van der Waals surface area (Å²) in [5.74, 6) is 0.782. The fourth-order valence-electron chi connectivity index (χ4n) is 1.00. The van der Waals surface area contributed by atoms with Crippen LogP contribution in [0.2, 0.25) is 5.02 Å². The second-order valence-corrected chi connectivity index (χ2v) is 2.81. The molecule has 0 bridgehead atoms. The van der Waals surface area contributed by atoms with Gasteiger partial charge >= 0.3 is 0 Å². The Morgan fingerprint density at radius 2 is 2.25 bits per heavy atom. The molecule has 66 valence electrons. The number of anilines is 1. The smallest absolute Gasteiger partial charge is 0.143 e. The molecule has 0 saturated heterocycles. The number of benzene rings is 1. The van der Waals surface area contributed by atoms with Crippen molar-refractivity contribution in [1.29, 1.82) is 0 Å². The summed E-state index contributed by atoms with van der Waals surface area (Å²) < 4.78 is 5.13. The molecule has 0 spiro atoms. The van der Waals surface area contributed by atoms with E-state index in [1.54, 1.807) is 13.2 Å². The van der Waals surface area contributed by atoms with Crippen molar-refractivity contribution in [2.24, 2.45) is 0 Å². The Morgan fingerprint density at radius 3 is 2.83 bits per heavy atom. The molecule has 0 aromatic heterocycles. The number of methoxy groups -OCH3 is 1. The second kappa shape index (κ2) is 4.21. The van der Waals surface area contributed by atoms with E-state index in [1.807, 2.05) is 19.1 Å². The van der Waals surface area contributed by atoms with Crippen LogP contribution < -0.4 is 10.1 Å².